The van der Waals surface area contributed by atoms with Gasteiger partial charge in [0.1, 0.15) is 0 Å². The van der Waals surface area contributed by atoms with Crippen molar-refractivity contribution in [2.45, 2.75) is 98.5 Å². The van der Waals surface area contributed by atoms with E-state index in [9.17, 15) is 5.11 Å². The second-order valence-corrected chi connectivity index (χ2v) is 7.23. The van der Waals surface area contributed by atoms with Crippen LogP contribution in [0.25, 0.3) is 0 Å². The number of allylic oxidation sites excluding steroid dienone is 2. The summed E-state index contributed by atoms with van der Waals surface area (Å²) in [7, 11) is 0. The fourth-order valence-electron chi connectivity index (χ4n) is 2.80. The molecule has 1 heteroatoms. The fourth-order valence-corrected chi connectivity index (χ4v) is 2.80. The molecule has 0 saturated carbocycles. The molecule has 0 saturated heterocycles. The molecule has 20 heavy (non-hydrogen) atoms. The maximum atomic E-state index is 9.76. The number of hydrogen-bond donors (Lipinski definition) is 1. The molecule has 0 fully saturated rings. The highest BCUT2D eigenvalue weighted by atomic mass is 16.3. The van der Waals surface area contributed by atoms with Crippen LogP contribution in [0.15, 0.2) is 11.6 Å². The third-order valence-electron chi connectivity index (χ3n) is 4.70. The van der Waals surface area contributed by atoms with E-state index in [0.717, 1.165) is 24.7 Å². The zero-order valence-electron chi connectivity index (χ0n) is 14.8. The molecule has 0 aliphatic rings. The molecule has 120 valence electrons. The van der Waals surface area contributed by atoms with Gasteiger partial charge >= 0.3 is 0 Å². The molecule has 1 nitrogen and oxygen atoms in total. The Labute approximate surface area is 127 Å². The summed E-state index contributed by atoms with van der Waals surface area (Å²) in [6, 6.07) is 0. The Morgan fingerprint density at radius 2 is 1.75 bits per heavy atom. The van der Waals surface area contributed by atoms with Crippen molar-refractivity contribution in [2.75, 3.05) is 0 Å². The van der Waals surface area contributed by atoms with Crippen molar-refractivity contribution in [1.82, 2.24) is 0 Å². The molecule has 0 aliphatic heterocycles. The summed E-state index contributed by atoms with van der Waals surface area (Å²) in [5.41, 5.74) is 1.03. The predicted molar refractivity (Wildman–Crippen MR) is 91.0 cm³/mol. The topological polar surface area (TPSA) is 20.2 Å². The zero-order chi connectivity index (χ0) is 15.6. The molecule has 2 atom stereocenters. The molecule has 2 unspecified atom stereocenters. The number of aliphatic hydroxyl groups is 1. The van der Waals surface area contributed by atoms with Crippen LogP contribution >= 0.6 is 0 Å². The van der Waals surface area contributed by atoms with Gasteiger partial charge in [-0.25, -0.2) is 0 Å². The van der Waals surface area contributed by atoms with E-state index in [1.807, 2.05) is 13.8 Å². The van der Waals surface area contributed by atoms with Crippen molar-refractivity contribution < 1.29 is 5.11 Å². The zero-order valence-corrected chi connectivity index (χ0v) is 14.8. The van der Waals surface area contributed by atoms with Crippen molar-refractivity contribution in [3.05, 3.63) is 11.6 Å². The van der Waals surface area contributed by atoms with Crippen LogP contribution in [0, 0.1) is 11.8 Å². The number of hydrogen-bond acceptors (Lipinski definition) is 1. The van der Waals surface area contributed by atoms with E-state index in [1.165, 1.54) is 44.1 Å². The van der Waals surface area contributed by atoms with E-state index in [-0.39, 0.29) is 0 Å². The van der Waals surface area contributed by atoms with Crippen LogP contribution in [0.4, 0.5) is 0 Å². The molecule has 0 bridgehead atoms. The summed E-state index contributed by atoms with van der Waals surface area (Å²) >= 11 is 0. The summed E-state index contributed by atoms with van der Waals surface area (Å²) in [6.07, 6.45) is 12.2. The van der Waals surface area contributed by atoms with Crippen molar-refractivity contribution in [2.24, 2.45) is 11.8 Å². The Morgan fingerprint density at radius 1 is 1.15 bits per heavy atom. The van der Waals surface area contributed by atoms with Gasteiger partial charge in [0.15, 0.2) is 0 Å². The molecular formula is C19H38O. The van der Waals surface area contributed by atoms with Crippen LogP contribution in [-0.2, 0) is 0 Å². The quantitative estimate of drug-likeness (QED) is 0.358. The lowest BCUT2D eigenvalue weighted by atomic mass is 9.83. The van der Waals surface area contributed by atoms with Crippen LogP contribution in [0.2, 0.25) is 0 Å². The number of rotatable bonds is 11. The van der Waals surface area contributed by atoms with E-state index < -0.39 is 5.60 Å². The summed E-state index contributed by atoms with van der Waals surface area (Å²) < 4.78 is 0. The lowest BCUT2D eigenvalue weighted by Gasteiger charge is -2.24. The Hall–Kier alpha value is -0.300. The van der Waals surface area contributed by atoms with E-state index in [1.54, 1.807) is 0 Å². The minimum Gasteiger partial charge on any atom is -0.390 e. The lowest BCUT2D eigenvalue weighted by Crippen LogP contribution is -2.18. The van der Waals surface area contributed by atoms with E-state index in [0.29, 0.717) is 0 Å². The lowest BCUT2D eigenvalue weighted by molar-refractivity contribution is 0.0673. The average molecular weight is 283 g/mol. The van der Waals surface area contributed by atoms with Crippen LogP contribution in [0.1, 0.15) is 92.9 Å². The molecule has 0 aromatic rings. The smallest absolute Gasteiger partial charge is 0.0591 e. The minimum atomic E-state index is -0.491. The third kappa shape index (κ3) is 10.5. The van der Waals surface area contributed by atoms with E-state index in [4.69, 9.17) is 0 Å². The molecule has 0 aliphatic carbocycles. The van der Waals surface area contributed by atoms with Gasteiger partial charge in [0, 0.05) is 0 Å². The Morgan fingerprint density at radius 3 is 2.25 bits per heavy atom. The number of unbranched alkanes of at least 4 members (excludes halogenated alkanes) is 1. The van der Waals surface area contributed by atoms with E-state index >= 15 is 0 Å². The summed E-state index contributed by atoms with van der Waals surface area (Å²) in [6.45, 7) is 12.9. The highest BCUT2D eigenvalue weighted by Gasteiger charge is 2.16. The van der Waals surface area contributed by atoms with Gasteiger partial charge in [0.2, 0.25) is 0 Å². The van der Waals surface area contributed by atoms with Crippen molar-refractivity contribution in [3.63, 3.8) is 0 Å². The van der Waals surface area contributed by atoms with E-state index in [2.05, 4.69) is 33.8 Å². The monoisotopic (exact) mass is 282 g/mol. The van der Waals surface area contributed by atoms with Crippen LogP contribution in [0.5, 0.6) is 0 Å². The second-order valence-electron chi connectivity index (χ2n) is 7.23. The van der Waals surface area contributed by atoms with Crippen molar-refractivity contribution in [1.29, 1.82) is 0 Å². The van der Waals surface area contributed by atoms with Gasteiger partial charge in [-0.15, -0.1) is 0 Å². The largest absolute Gasteiger partial charge is 0.390 e. The van der Waals surface area contributed by atoms with Gasteiger partial charge in [0.25, 0.3) is 0 Å². The van der Waals surface area contributed by atoms with Gasteiger partial charge in [0.05, 0.1) is 5.60 Å². The normalized spacial score (nSPS) is 16.2. The molecule has 0 radical (unpaired) electrons. The van der Waals surface area contributed by atoms with Gasteiger partial charge in [-0.05, 0) is 65.2 Å². The van der Waals surface area contributed by atoms with Crippen LogP contribution in [0.3, 0.4) is 0 Å². The van der Waals surface area contributed by atoms with Gasteiger partial charge in [-0.1, -0.05) is 51.2 Å². The molecular weight excluding hydrogens is 244 g/mol. The SMILES string of the molecule is C/C=C(/C)CCCC(CCCCC(C)(C)O)C(C)CC. The van der Waals surface area contributed by atoms with Gasteiger partial charge in [-0.3, -0.25) is 0 Å². The third-order valence-corrected chi connectivity index (χ3v) is 4.70. The average Bonchev–Trinajstić information content (AvgIpc) is 2.39. The highest BCUT2D eigenvalue weighted by Crippen LogP contribution is 2.28. The summed E-state index contributed by atoms with van der Waals surface area (Å²) in [5, 5.41) is 9.76. The van der Waals surface area contributed by atoms with Gasteiger partial charge in [-0.2, -0.15) is 0 Å². The first-order chi connectivity index (χ1) is 9.30. The Kier molecular flexibility index (Phi) is 10.3. The van der Waals surface area contributed by atoms with Crippen molar-refractivity contribution in [3.8, 4) is 0 Å². The first kappa shape index (κ1) is 19.7. The minimum absolute atomic E-state index is 0.491. The molecule has 0 aromatic carbocycles. The summed E-state index contributed by atoms with van der Waals surface area (Å²) in [5.74, 6) is 1.70. The van der Waals surface area contributed by atoms with Crippen LogP contribution in [-0.4, -0.2) is 10.7 Å². The molecule has 0 rings (SSSR count). The maximum Gasteiger partial charge on any atom is 0.0591 e. The predicted octanol–water partition coefficient (Wildman–Crippen LogP) is 6.12. The standard InChI is InChI=1S/C19H38O/c1-7-16(3)12-11-14-18(17(4)8-2)13-9-10-15-19(5,6)20/h7,17-18,20H,8-15H2,1-6H3/b16-7-. The highest BCUT2D eigenvalue weighted by molar-refractivity contribution is 4.95. The molecule has 0 spiro atoms. The first-order valence-electron chi connectivity index (χ1n) is 8.64. The molecule has 0 amide bonds. The fraction of sp³-hybridized carbons (Fsp3) is 0.895. The van der Waals surface area contributed by atoms with Gasteiger partial charge < -0.3 is 5.11 Å². The second kappa shape index (κ2) is 10.4. The first-order valence-corrected chi connectivity index (χ1v) is 8.64. The molecule has 0 heterocycles. The van der Waals surface area contributed by atoms with Crippen LogP contribution < -0.4 is 0 Å². The van der Waals surface area contributed by atoms with Crippen molar-refractivity contribution >= 4 is 0 Å². The Balaban J connectivity index is 4.03. The molecule has 0 aromatic heterocycles. The molecule has 1 N–H and O–H groups in total. The maximum absolute atomic E-state index is 9.76. The summed E-state index contributed by atoms with van der Waals surface area (Å²) in [4.78, 5) is 0. The Bertz CT molecular complexity index is 259.